The first-order valence-corrected chi connectivity index (χ1v) is 12.2. The highest BCUT2D eigenvalue weighted by Crippen LogP contribution is 2.40. The first-order valence-electron chi connectivity index (χ1n) is 11.4. The van der Waals surface area contributed by atoms with Crippen molar-refractivity contribution in [1.82, 2.24) is 0 Å². The molecule has 6 aromatic carbocycles. The van der Waals surface area contributed by atoms with Crippen LogP contribution in [-0.2, 0) is 0 Å². The second kappa shape index (κ2) is 8.81. The van der Waals surface area contributed by atoms with Crippen LogP contribution in [0.4, 0.5) is 17.1 Å². The predicted octanol–water partition coefficient (Wildman–Crippen LogP) is 9.89. The van der Waals surface area contributed by atoms with Gasteiger partial charge in [-0.25, -0.2) is 0 Å². The Morgan fingerprint density at radius 2 is 1.12 bits per heavy atom. The molecule has 0 aliphatic heterocycles. The first-order chi connectivity index (χ1) is 16.8. The highest BCUT2D eigenvalue weighted by atomic mass is 79.9. The fourth-order valence-corrected chi connectivity index (χ4v) is 4.87. The van der Waals surface area contributed by atoms with Crippen LogP contribution in [-0.4, -0.2) is 0 Å². The minimum atomic E-state index is 1.07. The van der Waals surface area contributed by atoms with Gasteiger partial charge in [-0.3, -0.25) is 0 Å². The third-order valence-electron chi connectivity index (χ3n) is 6.28. The van der Waals surface area contributed by atoms with Gasteiger partial charge in [0.15, 0.2) is 0 Å². The number of rotatable bonds is 4. The quantitative estimate of drug-likeness (QED) is 0.233. The van der Waals surface area contributed by atoms with Gasteiger partial charge >= 0.3 is 0 Å². The summed E-state index contributed by atoms with van der Waals surface area (Å²) in [5.74, 6) is 0. The number of nitrogens with zero attached hydrogens (tertiary/aromatic N) is 1. The third-order valence-corrected chi connectivity index (χ3v) is 6.81. The van der Waals surface area contributed by atoms with E-state index in [0.29, 0.717) is 0 Å². The van der Waals surface area contributed by atoms with Gasteiger partial charge in [0, 0.05) is 21.2 Å². The van der Waals surface area contributed by atoms with Crippen molar-refractivity contribution in [2.24, 2.45) is 0 Å². The molecule has 0 unspecified atom stereocenters. The van der Waals surface area contributed by atoms with E-state index in [1.807, 2.05) is 0 Å². The maximum absolute atomic E-state index is 3.59. The second-order valence-electron chi connectivity index (χ2n) is 8.42. The highest BCUT2D eigenvalue weighted by Gasteiger charge is 2.15. The monoisotopic (exact) mass is 499 g/mol. The predicted molar refractivity (Wildman–Crippen MR) is 149 cm³/mol. The maximum Gasteiger partial charge on any atom is 0.0540 e. The van der Waals surface area contributed by atoms with Crippen LogP contribution in [0.2, 0.25) is 0 Å². The number of benzene rings is 6. The Balaban J connectivity index is 1.52. The Labute approximate surface area is 208 Å². The fraction of sp³-hybridized carbons (Fsp3) is 0. The van der Waals surface area contributed by atoms with Crippen molar-refractivity contribution in [2.75, 3.05) is 4.90 Å². The first kappa shape index (κ1) is 20.7. The van der Waals surface area contributed by atoms with Gasteiger partial charge in [0.2, 0.25) is 0 Å². The van der Waals surface area contributed by atoms with E-state index in [1.165, 1.54) is 38.4 Å². The summed E-state index contributed by atoms with van der Waals surface area (Å²) in [4.78, 5) is 2.35. The van der Waals surface area contributed by atoms with Crippen molar-refractivity contribution >= 4 is 54.5 Å². The molecule has 0 heterocycles. The Morgan fingerprint density at radius 3 is 1.97 bits per heavy atom. The average molecular weight is 500 g/mol. The van der Waals surface area contributed by atoms with Gasteiger partial charge in [0.1, 0.15) is 0 Å². The van der Waals surface area contributed by atoms with Crippen molar-refractivity contribution in [1.29, 1.82) is 0 Å². The largest absolute Gasteiger partial charge is 0.310 e. The highest BCUT2D eigenvalue weighted by molar-refractivity contribution is 9.10. The summed E-state index contributed by atoms with van der Waals surface area (Å²) in [6, 6.07) is 47.6. The zero-order valence-corrected chi connectivity index (χ0v) is 20.1. The summed E-state index contributed by atoms with van der Waals surface area (Å²) in [6.45, 7) is 0. The summed E-state index contributed by atoms with van der Waals surface area (Å²) in [5.41, 5.74) is 5.90. The van der Waals surface area contributed by atoms with Crippen LogP contribution in [0.3, 0.4) is 0 Å². The zero-order chi connectivity index (χ0) is 22.9. The van der Waals surface area contributed by atoms with Crippen LogP contribution in [0, 0.1) is 0 Å². The standard InChI is InChI=1S/C32H22BrN/c33-28-16-19-29(20-17-28)34(32-12-6-10-24-9-4-5-11-31(24)32)30-18-15-26-21-25(13-14-27(26)22-30)23-7-2-1-3-8-23/h1-22H. The van der Waals surface area contributed by atoms with Gasteiger partial charge in [-0.1, -0.05) is 101 Å². The van der Waals surface area contributed by atoms with Crippen molar-refractivity contribution in [3.63, 3.8) is 0 Å². The lowest BCUT2D eigenvalue weighted by molar-refractivity contribution is 1.30. The molecule has 162 valence electrons. The maximum atomic E-state index is 3.59. The SMILES string of the molecule is Brc1ccc(N(c2ccc3cc(-c4ccccc4)ccc3c2)c2cccc3ccccc23)cc1. The molecule has 0 saturated heterocycles. The van der Waals surface area contributed by atoms with Crippen molar-refractivity contribution in [3.8, 4) is 11.1 Å². The molecule has 6 rings (SSSR count). The van der Waals surface area contributed by atoms with E-state index < -0.39 is 0 Å². The number of fused-ring (bicyclic) bond motifs is 2. The minimum absolute atomic E-state index is 1.07. The Morgan fingerprint density at radius 1 is 0.441 bits per heavy atom. The van der Waals surface area contributed by atoms with Gasteiger partial charge in [-0.05, 0) is 75.8 Å². The van der Waals surface area contributed by atoms with Crippen LogP contribution in [0.15, 0.2) is 138 Å². The summed E-state index contributed by atoms with van der Waals surface area (Å²) >= 11 is 3.59. The molecule has 2 heteroatoms. The number of halogens is 1. The summed E-state index contributed by atoms with van der Waals surface area (Å²) in [5, 5.41) is 4.92. The Hall–Kier alpha value is -3.88. The lowest BCUT2D eigenvalue weighted by atomic mass is 10.0. The normalized spacial score (nSPS) is 11.1. The lowest BCUT2D eigenvalue weighted by Gasteiger charge is -2.27. The molecule has 0 aromatic heterocycles. The van der Waals surface area contributed by atoms with Gasteiger partial charge in [-0.2, -0.15) is 0 Å². The number of anilines is 3. The molecule has 0 spiro atoms. The van der Waals surface area contributed by atoms with Crippen LogP contribution in [0.5, 0.6) is 0 Å². The summed E-state index contributed by atoms with van der Waals surface area (Å²) in [6.07, 6.45) is 0. The third kappa shape index (κ3) is 3.87. The number of hydrogen-bond acceptors (Lipinski definition) is 1. The average Bonchev–Trinajstić information content (AvgIpc) is 2.90. The van der Waals surface area contributed by atoms with Crippen LogP contribution < -0.4 is 4.90 Å². The molecule has 0 saturated carbocycles. The van der Waals surface area contributed by atoms with Gasteiger partial charge in [-0.15, -0.1) is 0 Å². The van der Waals surface area contributed by atoms with E-state index in [-0.39, 0.29) is 0 Å². The van der Waals surface area contributed by atoms with E-state index in [1.54, 1.807) is 0 Å². The molecule has 0 N–H and O–H groups in total. The molecule has 0 radical (unpaired) electrons. The molecule has 0 atom stereocenters. The Bertz CT molecular complexity index is 1600. The molecule has 6 aromatic rings. The molecule has 0 amide bonds. The zero-order valence-electron chi connectivity index (χ0n) is 18.5. The van der Waals surface area contributed by atoms with Crippen molar-refractivity contribution in [3.05, 3.63) is 138 Å². The van der Waals surface area contributed by atoms with E-state index in [9.17, 15) is 0 Å². The van der Waals surface area contributed by atoms with E-state index in [0.717, 1.165) is 15.8 Å². The second-order valence-corrected chi connectivity index (χ2v) is 9.34. The summed E-state index contributed by atoms with van der Waals surface area (Å²) in [7, 11) is 0. The molecular formula is C32H22BrN. The van der Waals surface area contributed by atoms with E-state index in [4.69, 9.17) is 0 Å². The number of hydrogen-bond donors (Lipinski definition) is 0. The molecule has 0 aliphatic carbocycles. The molecule has 1 nitrogen and oxygen atoms in total. The topological polar surface area (TPSA) is 3.24 Å². The van der Waals surface area contributed by atoms with Crippen molar-refractivity contribution < 1.29 is 0 Å². The van der Waals surface area contributed by atoms with Crippen LogP contribution in [0.1, 0.15) is 0 Å². The molecule has 0 aliphatic rings. The van der Waals surface area contributed by atoms with Gasteiger partial charge in [0.25, 0.3) is 0 Å². The van der Waals surface area contributed by atoms with E-state index >= 15 is 0 Å². The minimum Gasteiger partial charge on any atom is -0.310 e. The van der Waals surface area contributed by atoms with Gasteiger partial charge in [0.05, 0.1) is 5.69 Å². The molecule has 0 fully saturated rings. The van der Waals surface area contributed by atoms with E-state index in [2.05, 4.69) is 154 Å². The van der Waals surface area contributed by atoms with Gasteiger partial charge < -0.3 is 4.90 Å². The smallest absolute Gasteiger partial charge is 0.0540 e. The molecule has 0 bridgehead atoms. The fourth-order valence-electron chi connectivity index (χ4n) is 4.60. The lowest BCUT2D eigenvalue weighted by Crippen LogP contribution is -2.10. The molecular weight excluding hydrogens is 478 g/mol. The van der Waals surface area contributed by atoms with Crippen LogP contribution in [0.25, 0.3) is 32.7 Å². The van der Waals surface area contributed by atoms with Crippen LogP contribution >= 0.6 is 15.9 Å². The Kier molecular flexibility index (Phi) is 5.37. The summed E-state index contributed by atoms with van der Waals surface area (Å²) < 4.78 is 1.07. The molecule has 34 heavy (non-hydrogen) atoms. The van der Waals surface area contributed by atoms with Crippen molar-refractivity contribution in [2.45, 2.75) is 0 Å².